The number of hydrogen-bond donors (Lipinski definition) is 1. The fraction of sp³-hybridized carbons (Fsp3) is 0.0952. The van der Waals surface area contributed by atoms with Crippen molar-refractivity contribution in [1.82, 2.24) is 19.6 Å². The molecule has 0 fully saturated rings. The van der Waals surface area contributed by atoms with E-state index in [4.69, 9.17) is 39.5 Å². The molecule has 1 N–H and O–H groups in total. The Morgan fingerprint density at radius 2 is 1.71 bits per heavy atom. The first kappa shape index (κ1) is 21.2. The summed E-state index contributed by atoms with van der Waals surface area (Å²) in [6.07, 6.45) is 3.13. The van der Waals surface area contributed by atoms with Crippen molar-refractivity contribution >= 4 is 46.5 Å². The van der Waals surface area contributed by atoms with E-state index in [9.17, 15) is 4.79 Å². The number of carbonyl (C=O) groups excluding carboxylic acids is 1. The molecule has 4 aromatic rings. The zero-order valence-electron chi connectivity index (χ0n) is 16.0. The molecule has 7 nitrogen and oxygen atoms in total. The summed E-state index contributed by atoms with van der Waals surface area (Å²) in [6.45, 7) is 0.424. The average Bonchev–Trinajstić information content (AvgIpc) is 3.36. The summed E-state index contributed by atoms with van der Waals surface area (Å²) in [6, 6.07) is 16.1. The van der Waals surface area contributed by atoms with E-state index < -0.39 is 5.91 Å². The predicted molar refractivity (Wildman–Crippen MR) is 120 cm³/mol. The average molecular weight is 477 g/mol. The van der Waals surface area contributed by atoms with Gasteiger partial charge in [0.1, 0.15) is 16.5 Å². The number of nitrogens with one attached hydrogen (secondary N) is 1. The molecule has 0 saturated carbocycles. The van der Waals surface area contributed by atoms with Crippen molar-refractivity contribution in [1.29, 1.82) is 0 Å². The number of aromatic nitrogens is 4. The van der Waals surface area contributed by atoms with Crippen LogP contribution < -0.4 is 10.1 Å². The Labute approximate surface area is 193 Å². The Bertz CT molecular complexity index is 1220. The first-order valence-electron chi connectivity index (χ1n) is 9.18. The van der Waals surface area contributed by atoms with Crippen molar-refractivity contribution in [2.24, 2.45) is 0 Å². The molecule has 31 heavy (non-hydrogen) atoms. The Morgan fingerprint density at radius 3 is 2.48 bits per heavy atom. The molecule has 0 aliphatic rings. The molecule has 0 saturated heterocycles. The molecule has 2 heterocycles. The minimum Gasteiger partial charge on any atom is -0.470 e. The number of amides is 1. The third-order valence-corrected chi connectivity index (χ3v) is 5.32. The minimum absolute atomic E-state index is 0.00810. The summed E-state index contributed by atoms with van der Waals surface area (Å²) >= 11 is 18.6. The zero-order chi connectivity index (χ0) is 21.8. The molecule has 0 spiro atoms. The van der Waals surface area contributed by atoms with Crippen molar-refractivity contribution in [2.45, 2.75) is 13.3 Å². The number of ether oxygens (including phenoxy) is 1. The van der Waals surface area contributed by atoms with Gasteiger partial charge in [-0.15, -0.1) is 0 Å². The van der Waals surface area contributed by atoms with Crippen LogP contribution in [0.15, 0.2) is 67.0 Å². The molecular weight excluding hydrogens is 461 g/mol. The van der Waals surface area contributed by atoms with Crippen LogP contribution in [0.1, 0.15) is 16.1 Å². The van der Waals surface area contributed by atoms with Gasteiger partial charge in [0.2, 0.25) is 0 Å². The number of hydrogen-bond acceptors (Lipinski definition) is 4. The van der Waals surface area contributed by atoms with Crippen LogP contribution in [-0.2, 0) is 13.3 Å². The van der Waals surface area contributed by atoms with Crippen molar-refractivity contribution in [3.05, 3.63) is 93.3 Å². The second-order valence-corrected chi connectivity index (χ2v) is 7.71. The maximum atomic E-state index is 12.8. The van der Waals surface area contributed by atoms with Gasteiger partial charge in [-0.3, -0.25) is 9.48 Å². The number of halogens is 3. The fourth-order valence-electron chi connectivity index (χ4n) is 2.86. The van der Waals surface area contributed by atoms with Crippen LogP contribution in [0.5, 0.6) is 5.75 Å². The molecule has 10 heteroatoms. The van der Waals surface area contributed by atoms with Gasteiger partial charge < -0.3 is 10.1 Å². The molecule has 2 aromatic carbocycles. The molecule has 0 aliphatic heterocycles. The van der Waals surface area contributed by atoms with Gasteiger partial charge in [0.05, 0.1) is 11.6 Å². The number of benzene rings is 2. The summed E-state index contributed by atoms with van der Waals surface area (Å²) < 4.78 is 8.68. The van der Waals surface area contributed by atoms with Gasteiger partial charge in [-0.1, -0.05) is 65.1 Å². The molecule has 0 aliphatic carbocycles. The third-order valence-electron chi connectivity index (χ3n) is 4.37. The molecule has 0 atom stereocenters. The molecule has 0 radical (unpaired) electrons. The highest BCUT2D eigenvalue weighted by atomic mass is 35.5. The summed E-state index contributed by atoms with van der Waals surface area (Å²) in [4.78, 5) is 12.8. The van der Waals surface area contributed by atoms with E-state index >= 15 is 0 Å². The van der Waals surface area contributed by atoms with Gasteiger partial charge in [0.25, 0.3) is 5.91 Å². The van der Waals surface area contributed by atoms with Gasteiger partial charge >= 0.3 is 0 Å². The molecule has 158 valence electrons. The van der Waals surface area contributed by atoms with Crippen LogP contribution in [0, 0.1) is 0 Å². The lowest BCUT2D eigenvalue weighted by molar-refractivity contribution is 0.100. The number of nitrogens with zero attached hydrogens (tertiary/aromatic N) is 4. The highest BCUT2D eigenvalue weighted by Crippen LogP contribution is 2.24. The molecule has 2 aromatic heterocycles. The molecule has 0 unspecified atom stereocenters. The van der Waals surface area contributed by atoms with Crippen LogP contribution in [-0.4, -0.2) is 25.5 Å². The van der Waals surface area contributed by atoms with Gasteiger partial charge in [0, 0.05) is 17.4 Å². The number of rotatable bonds is 7. The summed E-state index contributed by atoms with van der Waals surface area (Å²) in [5.74, 6) is 0.302. The summed E-state index contributed by atoms with van der Waals surface area (Å²) in [7, 11) is 0. The van der Waals surface area contributed by atoms with Crippen LogP contribution >= 0.6 is 34.8 Å². The molecule has 4 rings (SSSR count). The smallest absolute Gasteiger partial charge is 0.275 e. The Morgan fingerprint density at radius 1 is 0.968 bits per heavy atom. The maximum absolute atomic E-state index is 12.8. The van der Waals surface area contributed by atoms with Crippen LogP contribution in [0.25, 0.3) is 0 Å². The zero-order valence-corrected chi connectivity index (χ0v) is 18.3. The predicted octanol–water partition coefficient (Wildman–Crippen LogP) is 5.38. The van der Waals surface area contributed by atoms with Crippen LogP contribution in [0.2, 0.25) is 15.1 Å². The number of carbonyl (C=O) groups is 1. The van der Waals surface area contributed by atoms with E-state index in [-0.39, 0.29) is 18.2 Å². The maximum Gasteiger partial charge on any atom is 0.275 e. The SMILES string of the molecule is O=C(Nc1nn(Cc2ccccc2Cl)cc1Cl)c1ccnn1COc1ccccc1Cl. The monoisotopic (exact) mass is 475 g/mol. The second kappa shape index (κ2) is 9.43. The van der Waals surface area contributed by atoms with Gasteiger partial charge in [-0.2, -0.15) is 10.2 Å². The lowest BCUT2D eigenvalue weighted by atomic mass is 10.2. The van der Waals surface area contributed by atoms with E-state index in [1.54, 1.807) is 47.3 Å². The fourth-order valence-corrected chi connectivity index (χ4v) is 3.44. The van der Waals surface area contributed by atoms with Gasteiger partial charge in [-0.05, 0) is 29.8 Å². The van der Waals surface area contributed by atoms with Gasteiger partial charge in [0.15, 0.2) is 12.5 Å². The summed E-state index contributed by atoms with van der Waals surface area (Å²) in [5.41, 5.74) is 1.17. The summed E-state index contributed by atoms with van der Waals surface area (Å²) in [5, 5.41) is 12.6. The molecule has 1 amide bonds. The Kier molecular flexibility index (Phi) is 6.46. The first-order valence-corrected chi connectivity index (χ1v) is 10.3. The molecular formula is C21H16Cl3N5O2. The number of anilines is 1. The van der Waals surface area contributed by atoms with Crippen molar-refractivity contribution in [3.8, 4) is 5.75 Å². The standard InChI is InChI=1S/C21H16Cl3N5O2/c22-15-6-2-1-5-14(15)11-28-12-17(24)20(27-28)26-21(30)18-9-10-25-29(18)13-31-19-8-4-3-7-16(19)23/h1-10,12H,11,13H2,(H,26,27,30). The highest BCUT2D eigenvalue weighted by Gasteiger charge is 2.17. The number of para-hydroxylation sites is 1. The van der Waals surface area contributed by atoms with Crippen molar-refractivity contribution < 1.29 is 9.53 Å². The lowest BCUT2D eigenvalue weighted by Gasteiger charge is -2.10. The van der Waals surface area contributed by atoms with Gasteiger partial charge in [-0.25, -0.2) is 4.68 Å². The van der Waals surface area contributed by atoms with Crippen molar-refractivity contribution in [2.75, 3.05) is 5.32 Å². The lowest BCUT2D eigenvalue weighted by Crippen LogP contribution is -2.20. The van der Waals surface area contributed by atoms with Crippen LogP contribution in [0.4, 0.5) is 5.82 Å². The topological polar surface area (TPSA) is 74.0 Å². The van der Waals surface area contributed by atoms with E-state index in [1.807, 2.05) is 18.2 Å². The second-order valence-electron chi connectivity index (χ2n) is 6.49. The highest BCUT2D eigenvalue weighted by molar-refractivity contribution is 6.33. The largest absolute Gasteiger partial charge is 0.470 e. The molecule has 0 bridgehead atoms. The third kappa shape index (κ3) is 5.02. The van der Waals surface area contributed by atoms with Crippen LogP contribution in [0.3, 0.4) is 0 Å². The van der Waals surface area contributed by atoms with E-state index in [2.05, 4.69) is 15.5 Å². The quantitative estimate of drug-likeness (QED) is 0.389. The first-order chi connectivity index (χ1) is 15.0. The van der Waals surface area contributed by atoms with E-state index in [1.165, 1.54) is 10.9 Å². The van der Waals surface area contributed by atoms with E-state index in [0.717, 1.165) is 5.56 Å². The normalized spacial score (nSPS) is 10.8. The van der Waals surface area contributed by atoms with E-state index in [0.29, 0.717) is 27.4 Å². The van der Waals surface area contributed by atoms with Crippen molar-refractivity contribution in [3.63, 3.8) is 0 Å². The minimum atomic E-state index is -0.426. The Hall–Kier alpha value is -3.00. The Balaban J connectivity index is 1.45.